The molecule has 0 saturated carbocycles. The molecule has 0 radical (unpaired) electrons. The van der Waals surface area contributed by atoms with Gasteiger partial charge < -0.3 is 19.6 Å². The Morgan fingerprint density at radius 3 is 2.89 bits per heavy atom. The van der Waals surface area contributed by atoms with Gasteiger partial charge in [0.15, 0.2) is 10.9 Å². The molecular weight excluding hydrogens is 368 g/mol. The van der Waals surface area contributed by atoms with Crippen LogP contribution in [0.25, 0.3) is 0 Å². The number of carbonyl (C=O) groups is 1. The minimum Gasteiger partial charge on any atom is -0.455 e. The van der Waals surface area contributed by atoms with E-state index in [1.54, 1.807) is 12.1 Å². The Morgan fingerprint density at radius 2 is 2.15 bits per heavy atom. The predicted octanol–water partition coefficient (Wildman–Crippen LogP) is 2.00. The summed E-state index contributed by atoms with van der Waals surface area (Å²) in [7, 11) is 0. The second-order valence-corrected chi connectivity index (χ2v) is 6.66. The van der Waals surface area contributed by atoms with E-state index in [2.05, 4.69) is 20.5 Å². The van der Waals surface area contributed by atoms with Gasteiger partial charge in [-0.1, -0.05) is 42.1 Å². The Balaban J connectivity index is 1.45. The molecule has 0 unspecified atom stereocenters. The van der Waals surface area contributed by atoms with Crippen LogP contribution in [0.4, 0.5) is 0 Å². The number of aromatic amines is 1. The van der Waals surface area contributed by atoms with Crippen molar-refractivity contribution >= 4 is 17.7 Å². The van der Waals surface area contributed by atoms with Crippen LogP contribution in [-0.4, -0.2) is 45.5 Å². The van der Waals surface area contributed by atoms with Crippen LogP contribution in [0, 0.1) is 0 Å². The molecule has 1 aromatic carbocycles. The van der Waals surface area contributed by atoms with Crippen LogP contribution in [-0.2, 0) is 17.1 Å². The smallest absolute Gasteiger partial charge is 0.287 e. The number of thioether (sulfide) groups is 1. The molecule has 3 rings (SSSR count). The molecule has 0 fully saturated rings. The Hall–Kier alpha value is -2.62. The molecule has 27 heavy (non-hydrogen) atoms. The molecule has 3 N–H and O–H groups in total. The number of nitrogens with one attached hydrogen (secondary N) is 2. The summed E-state index contributed by atoms with van der Waals surface area (Å²) < 4.78 is 11.1. The summed E-state index contributed by atoms with van der Waals surface area (Å²) in [5.41, 5.74) is 1.03. The molecule has 1 amide bonds. The molecule has 0 saturated heterocycles. The Kier molecular flexibility index (Phi) is 7.03. The van der Waals surface area contributed by atoms with Gasteiger partial charge in [-0.25, -0.2) is 4.98 Å². The third-order valence-electron chi connectivity index (χ3n) is 3.62. The molecule has 0 spiro atoms. The number of amides is 1. The fourth-order valence-electron chi connectivity index (χ4n) is 2.27. The standard InChI is InChI=1S/C18H20N4O4S/c23-8-14(10-25-9-13-4-2-1-3-5-13)21-17(24)16-7-6-15(26-16)11-27-18-19-12-20-22-18/h1-7,12,14,23H,8-11H2,(H,21,24)(H,19,20,22)/t14-/m1/s1. The van der Waals surface area contributed by atoms with Crippen LogP contribution in [0.3, 0.4) is 0 Å². The summed E-state index contributed by atoms with van der Waals surface area (Å²) in [6.45, 7) is 0.387. The van der Waals surface area contributed by atoms with E-state index in [-0.39, 0.29) is 19.0 Å². The average Bonchev–Trinajstić information content (AvgIpc) is 3.38. The molecule has 2 heterocycles. The van der Waals surface area contributed by atoms with Crippen LogP contribution in [0.5, 0.6) is 0 Å². The molecular formula is C18H20N4O4S. The van der Waals surface area contributed by atoms with Crippen molar-refractivity contribution in [3.05, 3.63) is 65.9 Å². The highest BCUT2D eigenvalue weighted by Gasteiger charge is 2.17. The predicted molar refractivity (Wildman–Crippen MR) is 99.1 cm³/mol. The van der Waals surface area contributed by atoms with Crippen LogP contribution >= 0.6 is 11.8 Å². The number of aliphatic hydroxyl groups is 1. The van der Waals surface area contributed by atoms with Gasteiger partial charge in [-0.2, -0.15) is 5.10 Å². The molecule has 0 aliphatic heterocycles. The lowest BCUT2D eigenvalue weighted by molar-refractivity contribution is 0.0660. The maximum absolute atomic E-state index is 12.3. The molecule has 8 nitrogen and oxygen atoms in total. The van der Waals surface area contributed by atoms with Gasteiger partial charge in [0.2, 0.25) is 0 Å². The highest BCUT2D eigenvalue weighted by Crippen LogP contribution is 2.20. The van der Waals surface area contributed by atoms with Gasteiger partial charge in [0.1, 0.15) is 12.1 Å². The number of H-pyrrole nitrogens is 1. The second-order valence-electron chi connectivity index (χ2n) is 5.70. The first-order chi connectivity index (χ1) is 13.2. The van der Waals surface area contributed by atoms with Crippen LogP contribution in [0.1, 0.15) is 21.9 Å². The number of aliphatic hydroxyl groups excluding tert-OH is 1. The molecule has 142 valence electrons. The third kappa shape index (κ3) is 5.95. The number of carbonyl (C=O) groups excluding carboxylic acids is 1. The quantitative estimate of drug-likeness (QED) is 0.455. The van der Waals surface area contributed by atoms with Gasteiger partial charge in [-0.15, -0.1) is 0 Å². The van der Waals surface area contributed by atoms with Gasteiger partial charge in [-0.05, 0) is 17.7 Å². The summed E-state index contributed by atoms with van der Waals surface area (Å²) in [6, 6.07) is 12.5. The highest BCUT2D eigenvalue weighted by molar-refractivity contribution is 7.98. The minimum absolute atomic E-state index is 0.185. The van der Waals surface area contributed by atoms with Gasteiger partial charge >= 0.3 is 0 Å². The first kappa shape index (κ1) is 19.2. The molecule has 0 bridgehead atoms. The van der Waals surface area contributed by atoms with E-state index in [0.29, 0.717) is 23.3 Å². The van der Waals surface area contributed by atoms with Gasteiger partial charge in [0.05, 0.1) is 31.6 Å². The third-order valence-corrected chi connectivity index (χ3v) is 4.51. The van der Waals surface area contributed by atoms with Gasteiger partial charge in [0, 0.05) is 0 Å². The van der Waals surface area contributed by atoms with Crippen LogP contribution in [0.15, 0.2) is 58.4 Å². The van der Waals surface area contributed by atoms with E-state index in [4.69, 9.17) is 9.15 Å². The fourth-order valence-corrected chi connectivity index (χ4v) is 2.94. The van der Waals surface area contributed by atoms with E-state index in [1.165, 1.54) is 18.1 Å². The van der Waals surface area contributed by atoms with E-state index in [9.17, 15) is 9.90 Å². The first-order valence-corrected chi connectivity index (χ1v) is 9.33. The average molecular weight is 388 g/mol. The fraction of sp³-hybridized carbons (Fsp3) is 0.278. The monoisotopic (exact) mass is 388 g/mol. The number of ether oxygens (including phenoxy) is 1. The number of nitrogens with zero attached hydrogens (tertiary/aromatic N) is 2. The van der Waals surface area contributed by atoms with Crippen molar-refractivity contribution in [1.29, 1.82) is 0 Å². The van der Waals surface area contributed by atoms with Crippen molar-refractivity contribution in [3.8, 4) is 0 Å². The van der Waals surface area contributed by atoms with Crippen LogP contribution < -0.4 is 5.32 Å². The summed E-state index contributed by atoms with van der Waals surface area (Å²) in [5, 5.41) is 19.4. The van der Waals surface area contributed by atoms with E-state index < -0.39 is 11.9 Å². The maximum atomic E-state index is 12.3. The lowest BCUT2D eigenvalue weighted by Crippen LogP contribution is -2.40. The van der Waals surface area contributed by atoms with Crippen molar-refractivity contribution in [2.75, 3.05) is 13.2 Å². The molecule has 0 aliphatic rings. The maximum Gasteiger partial charge on any atom is 0.287 e. The first-order valence-electron chi connectivity index (χ1n) is 8.35. The second kappa shape index (κ2) is 9.91. The van der Waals surface area contributed by atoms with E-state index >= 15 is 0 Å². The Bertz CT molecular complexity index is 823. The number of rotatable bonds is 10. The normalized spacial score (nSPS) is 12.0. The number of aromatic nitrogens is 3. The zero-order chi connectivity index (χ0) is 18.9. The number of benzene rings is 1. The molecule has 0 aliphatic carbocycles. The molecule has 1 atom stereocenters. The van der Waals surface area contributed by atoms with Crippen molar-refractivity contribution in [2.24, 2.45) is 0 Å². The summed E-state index contributed by atoms with van der Waals surface area (Å²) in [4.78, 5) is 16.3. The lowest BCUT2D eigenvalue weighted by atomic mass is 10.2. The van der Waals surface area contributed by atoms with Crippen LogP contribution in [0.2, 0.25) is 0 Å². The zero-order valence-corrected chi connectivity index (χ0v) is 15.3. The summed E-state index contributed by atoms with van der Waals surface area (Å²) >= 11 is 1.42. The summed E-state index contributed by atoms with van der Waals surface area (Å²) in [6.07, 6.45) is 1.43. The van der Waals surface area contributed by atoms with Crippen molar-refractivity contribution < 1.29 is 19.1 Å². The Morgan fingerprint density at radius 1 is 1.30 bits per heavy atom. The summed E-state index contributed by atoms with van der Waals surface area (Å²) in [5.74, 6) is 0.951. The topological polar surface area (TPSA) is 113 Å². The largest absolute Gasteiger partial charge is 0.455 e. The minimum atomic E-state index is -0.515. The lowest BCUT2D eigenvalue weighted by Gasteiger charge is -2.15. The van der Waals surface area contributed by atoms with Crippen molar-refractivity contribution in [2.45, 2.75) is 23.6 Å². The molecule has 2 aromatic heterocycles. The number of hydrogen-bond acceptors (Lipinski definition) is 7. The molecule has 3 aromatic rings. The number of hydrogen-bond donors (Lipinski definition) is 3. The van der Waals surface area contributed by atoms with Crippen molar-refractivity contribution in [1.82, 2.24) is 20.5 Å². The van der Waals surface area contributed by atoms with Gasteiger partial charge in [-0.3, -0.25) is 9.89 Å². The van der Waals surface area contributed by atoms with Gasteiger partial charge in [0.25, 0.3) is 5.91 Å². The van der Waals surface area contributed by atoms with E-state index in [0.717, 1.165) is 5.56 Å². The Labute approximate surface area is 160 Å². The highest BCUT2D eigenvalue weighted by atomic mass is 32.2. The number of furan rings is 1. The van der Waals surface area contributed by atoms with Crippen molar-refractivity contribution in [3.63, 3.8) is 0 Å². The SMILES string of the molecule is O=C(N[C@H](CO)COCc1ccccc1)c1ccc(CSc2ncn[nH]2)o1. The zero-order valence-electron chi connectivity index (χ0n) is 14.5. The molecule has 9 heteroatoms. The van der Waals surface area contributed by atoms with E-state index in [1.807, 2.05) is 30.3 Å².